The summed E-state index contributed by atoms with van der Waals surface area (Å²) >= 11 is 0. The van der Waals surface area contributed by atoms with Crippen molar-refractivity contribution in [2.24, 2.45) is 0 Å². The smallest absolute Gasteiger partial charge is 0.325 e. The van der Waals surface area contributed by atoms with Gasteiger partial charge in [-0.2, -0.15) is 0 Å². The van der Waals surface area contributed by atoms with E-state index in [0.29, 0.717) is 17.9 Å². The molecule has 0 aliphatic rings. The molecule has 0 radical (unpaired) electrons. The van der Waals surface area contributed by atoms with Gasteiger partial charge < -0.3 is 14.3 Å². The Kier molecular flexibility index (Phi) is 4.65. The normalized spacial score (nSPS) is 12.4. The number of methoxy groups -OCH3 is 1. The molecule has 1 N–H and O–H groups in total. The van der Waals surface area contributed by atoms with Gasteiger partial charge in [0.1, 0.15) is 23.3 Å². The van der Waals surface area contributed by atoms with E-state index in [1.807, 2.05) is 19.1 Å². The Morgan fingerprint density at radius 2 is 2.14 bits per heavy atom. The summed E-state index contributed by atoms with van der Waals surface area (Å²) in [5, 5.41) is 9.53. The summed E-state index contributed by atoms with van der Waals surface area (Å²) in [6.45, 7) is 2.28. The SMILES string of the molecule is COc1cccc([C@@H](C(=O)O)N(C)Cc2ccc(C)o2)c1. The van der Waals surface area contributed by atoms with Gasteiger partial charge in [-0.3, -0.25) is 9.69 Å². The van der Waals surface area contributed by atoms with Crippen LogP contribution < -0.4 is 4.74 Å². The lowest BCUT2D eigenvalue weighted by Crippen LogP contribution is -2.30. The predicted molar refractivity (Wildman–Crippen MR) is 78.3 cm³/mol. The lowest BCUT2D eigenvalue weighted by Gasteiger charge is -2.24. The quantitative estimate of drug-likeness (QED) is 0.886. The maximum Gasteiger partial charge on any atom is 0.325 e. The van der Waals surface area contributed by atoms with Crippen LogP contribution in [-0.4, -0.2) is 30.1 Å². The van der Waals surface area contributed by atoms with E-state index in [2.05, 4.69) is 0 Å². The van der Waals surface area contributed by atoms with E-state index in [0.717, 1.165) is 11.5 Å². The summed E-state index contributed by atoms with van der Waals surface area (Å²) in [4.78, 5) is 13.4. The number of furan rings is 1. The van der Waals surface area contributed by atoms with Gasteiger partial charge in [0.15, 0.2) is 0 Å². The van der Waals surface area contributed by atoms with Crippen LogP contribution in [0.15, 0.2) is 40.8 Å². The molecule has 2 rings (SSSR count). The molecule has 0 bridgehead atoms. The number of rotatable bonds is 6. The van der Waals surface area contributed by atoms with E-state index in [-0.39, 0.29) is 0 Å². The Morgan fingerprint density at radius 1 is 1.38 bits per heavy atom. The molecule has 1 aromatic heterocycles. The summed E-state index contributed by atoms with van der Waals surface area (Å²) < 4.78 is 10.7. The third-order valence-electron chi connectivity index (χ3n) is 3.29. The number of likely N-dealkylation sites (N-methyl/N-ethyl adjacent to an activating group) is 1. The Bertz CT molecular complexity index is 620. The van der Waals surface area contributed by atoms with E-state index in [1.165, 1.54) is 0 Å². The maximum atomic E-state index is 11.6. The van der Waals surface area contributed by atoms with Crippen LogP contribution in [0.5, 0.6) is 5.75 Å². The summed E-state index contributed by atoms with van der Waals surface area (Å²) in [6, 6.07) is 10.1. The molecule has 112 valence electrons. The van der Waals surface area contributed by atoms with Crippen molar-refractivity contribution in [1.29, 1.82) is 0 Å². The van der Waals surface area contributed by atoms with Crippen molar-refractivity contribution in [3.05, 3.63) is 53.5 Å². The van der Waals surface area contributed by atoms with Crippen LogP contribution in [-0.2, 0) is 11.3 Å². The average Bonchev–Trinajstić information content (AvgIpc) is 2.84. The molecule has 0 aliphatic heterocycles. The molecular formula is C16H19NO4. The van der Waals surface area contributed by atoms with Gasteiger partial charge in [-0.05, 0) is 43.8 Å². The fourth-order valence-corrected chi connectivity index (χ4v) is 2.30. The number of ether oxygens (including phenoxy) is 1. The Labute approximate surface area is 123 Å². The van der Waals surface area contributed by atoms with Crippen LogP contribution >= 0.6 is 0 Å². The second-order valence-corrected chi connectivity index (χ2v) is 4.94. The standard InChI is InChI=1S/C16H19NO4/c1-11-7-8-14(21-11)10-17(2)15(16(18)19)12-5-4-6-13(9-12)20-3/h4-9,15H,10H2,1-3H3,(H,18,19)/t15-/m0/s1. The molecule has 21 heavy (non-hydrogen) atoms. The summed E-state index contributed by atoms with van der Waals surface area (Å²) in [5.74, 6) is 1.28. The Balaban J connectivity index is 2.23. The summed E-state index contributed by atoms with van der Waals surface area (Å²) in [7, 11) is 3.32. The van der Waals surface area contributed by atoms with Crippen LogP contribution in [0.2, 0.25) is 0 Å². The van der Waals surface area contributed by atoms with E-state index >= 15 is 0 Å². The number of nitrogens with zero attached hydrogens (tertiary/aromatic N) is 1. The van der Waals surface area contributed by atoms with Crippen LogP contribution in [0.1, 0.15) is 23.1 Å². The maximum absolute atomic E-state index is 11.6. The molecule has 5 heteroatoms. The third-order valence-corrected chi connectivity index (χ3v) is 3.29. The minimum absolute atomic E-state index is 0.419. The minimum Gasteiger partial charge on any atom is -0.497 e. The van der Waals surface area contributed by atoms with Crippen molar-refractivity contribution >= 4 is 5.97 Å². The zero-order valence-corrected chi connectivity index (χ0v) is 12.4. The molecule has 0 saturated heterocycles. The second-order valence-electron chi connectivity index (χ2n) is 4.94. The molecule has 1 aromatic carbocycles. The van der Waals surface area contributed by atoms with Crippen molar-refractivity contribution in [1.82, 2.24) is 4.90 Å². The first-order valence-electron chi connectivity index (χ1n) is 6.63. The summed E-state index contributed by atoms with van der Waals surface area (Å²) in [6.07, 6.45) is 0. The number of aryl methyl sites for hydroxylation is 1. The Morgan fingerprint density at radius 3 is 2.71 bits per heavy atom. The van der Waals surface area contributed by atoms with Crippen LogP contribution in [0, 0.1) is 6.92 Å². The van der Waals surface area contributed by atoms with E-state index in [9.17, 15) is 9.90 Å². The number of hydrogen-bond donors (Lipinski definition) is 1. The molecule has 2 aromatic rings. The first kappa shape index (κ1) is 15.1. The third kappa shape index (κ3) is 3.64. The molecule has 0 spiro atoms. The average molecular weight is 289 g/mol. The fourth-order valence-electron chi connectivity index (χ4n) is 2.30. The molecule has 1 heterocycles. The molecule has 0 saturated carbocycles. The highest BCUT2D eigenvalue weighted by Crippen LogP contribution is 2.25. The van der Waals surface area contributed by atoms with Crippen molar-refractivity contribution in [3.63, 3.8) is 0 Å². The highest BCUT2D eigenvalue weighted by molar-refractivity contribution is 5.75. The molecule has 5 nitrogen and oxygen atoms in total. The number of carbonyl (C=O) groups is 1. The van der Waals surface area contributed by atoms with Gasteiger partial charge in [-0.1, -0.05) is 12.1 Å². The van der Waals surface area contributed by atoms with Gasteiger partial charge in [0.25, 0.3) is 0 Å². The van der Waals surface area contributed by atoms with Crippen LogP contribution in [0.4, 0.5) is 0 Å². The molecular weight excluding hydrogens is 270 g/mol. The largest absolute Gasteiger partial charge is 0.497 e. The number of carboxylic acids is 1. The highest BCUT2D eigenvalue weighted by Gasteiger charge is 2.25. The van der Waals surface area contributed by atoms with Gasteiger partial charge in [-0.15, -0.1) is 0 Å². The van der Waals surface area contributed by atoms with Gasteiger partial charge in [0, 0.05) is 0 Å². The van der Waals surface area contributed by atoms with Crippen molar-refractivity contribution in [2.75, 3.05) is 14.2 Å². The lowest BCUT2D eigenvalue weighted by atomic mass is 10.1. The van der Waals surface area contributed by atoms with Gasteiger partial charge in [-0.25, -0.2) is 0 Å². The van der Waals surface area contributed by atoms with Crippen molar-refractivity contribution in [3.8, 4) is 5.75 Å². The summed E-state index contributed by atoms with van der Waals surface area (Å²) in [5.41, 5.74) is 0.674. The topological polar surface area (TPSA) is 62.9 Å². The lowest BCUT2D eigenvalue weighted by molar-refractivity contribution is -0.143. The van der Waals surface area contributed by atoms with E-state index in [1.54, 1.807) is 43.3 Å². The van der Waals surface area contributed by atoms with Gasteiger partial charge in [0.2, 0.25) is 0 Å². The molecule has 0 unspecified atom stereocenters. The first-order valence-corrected chi connectivity index (χ1v) is 6.63. The zero-order valence-electron chi connectivity index (χ0n) is 12.4. The molecule has 0 fully saturated rings. The minimum atomic E-state index is -0.908. The predicted octanol–water partition coefficient (Wildman–Crippen LogP) is 2.85. The van der Waals surface area contributed by atoms with Gasteiger partial charge in [0.05, 0.1) is 13.7 Å². The Hall–Kier alpha value is -2.27. The number of aliphatic carboxylic acids is 1. The molecule has 0 amide bonds. The van der Waals surface area contributed by atoms with E-state index in [4.69, 9.17) is 9.15 Å². The molecule has 1 atom stereocenters. The molecule has 0 aliphatic carbocycles. The van der Waals surface area contributed by atoms with Crippen molar-refractivity contribution in [2.45, 2.75) is 19.5 Å². The number of carboxylic acid groups (broad SMARTS) is 1. The number of hydrogen-bond acceptors (Lipinski definition) is 4. The van der Waals surface area contributed by atoms with E-state index < -0.39 is 12.0 Å². The first-order chi connectivity index (χ1) is 10.0. The second kappa shape index (κ2) is 6.45. The van der Waals surface area contributed by atoms with Crippen LogP contribution in [0.3, 0.4) is 0 Å². The van der Waals surface area contributed by atoms with Gasteiger partial charge >= 0.3 is 5.97 Å². The highest BCUT2D eigenvalue weighted by atomic mass is 16.5. The van der Waals surface area contributed by atoms with Crippen LogP contribution in [0.25, 0.3) is 0 Å². The number of benzene rings is 1. The monoisotopic (exact) mass is 289 g/mol. The van der Waals surface area contributed by atoms with Crippen molar-refractivity contribution < 1.29 is 19.1 Å². The fraction of sp³-hybridized carbons (Fsp3) is 0.312. The zero-order chi connectivity index (χ0) is 15.4.